The molecular formula is C14H17NO5. The summed E-state index contributed by atoms with van der Waals surface area (Å²) in [6, 6.07) is 4.10. The molecule has 1 aromatic rings. The molecule has 2 rings (SSSR count). The van der Waals surface area contributed by atoms with Crippen molar-refractivity contribution in [2.45, 2.75) is 18.9 Å². The van der Waals surface area contributed by atoms with Crippen molar-refractivity contribution < 1.29 is 24.2 Å². The second-order valence-electron chi connectivity index (χ2n) is 4.56. The zero-order valence-electron chi connectivity index (χ0n) is 11.5. The molecule has 6 heteroatoms. The summed E-state index contributed by atoms with van der Waals surface area (Å²) < 4.78 is 10.3. The van der Waals surface area contributed by atoms with E-state index in [9.17, 15) is 9.59 Å². The lowest BCUT2D eigenvalue weighted by Crippen LogP contribution is -2.40. The lowest BCUT2D eigenvalue weighted by atomic mass is 10.1. The van der Waals surface area contributed by atoms with Crippen LogP contribution in [0.25, 0.3) is 0 Å². The highest BCUT2D eigenvalue weighted by molar-refractivity contribution is 5.99. The number of ether oxygens (including phenoxy) is 2. The van der Waals surface area contributed by atoms with Crippen LogP contribution >= 0.6 is 0 Å². The molecule has 1 atom stereocenters. The Labute approximate surface area is 116 Å². The molecule has 0 unspecified atom stereocenters. The van der Waals surface area contributed by atoms with Crippen molar-refractivity contribution in [2.75, 3.05) is 20.8 Å². The van der Waals surface area contributed by atoms with Crippen LogP contribution in [0, 0.1) is 0 Å². The van der Waals surface area contributed by atoms with Gasteiger partial charge in [-0.3, -0.25) is 4.79 Å². The van der Waals surface area contributed by atoms with Gasteiger partial charge in [0.1, 0.15) is 17.5 Å². The predicted octanol–water partition coefficient (Wildman–Crippen LogP) is 1.39. The first-order chi connectivity index (χ1) is 9.58. The van der Waals surface area contributed by atoms with E-state index in [2.05, 4.69) is 0 Å². The van der Waals surface area contributed by atoms with E-state index in [0.717, 1.165) is 0 Å². The van der Waals surface area contributed by atoms with Gasteiger partial charge < -0.3 is 19.5 Å². The Hall–Kier alpha value is -2.24. The number of amides is 1. The first kappa shape index (κ1) is 14.2. The van der Waals surface area contributed by atoms with E-state index in [1.165, 1.54) is 19.1 Å². The summed E-state index contributed by atoms with van der Waals surface area (Å²) in [5.41, 5.74) is 0.349. The van der Waals surface area contributed by atoms with Crippen LogP contribution in [0.15, 0.2) is 18.2 Å². The number of carboxylic acids is 1. The number of aliphatic carboxylic acids is 1. The summed E-state index contributed by atoms with van der Waals surface area (Å²) in [4.78, 5) is 25.0. The van der Waals surface area contributed by atoms with Crippen LogP contribution < -0.4 is 9.47 Å². The van der Waals surface area contributed by atoms with Crippen LogP contribution in [-0.2, 0) is 4.79 Å². The second-order valence-corrected chi connectivity index (χ2v) is 4.56. The molecule has 1 heterocycles. The number of hydrogen-bond acceptors (Lipinski definition) is 4. The maximum atomic E-state index is 12.5. The standard InChI is InChI=1S/C14H17NO5/c1-19-9-5-6-10(12(8-9)20-2)13(16)15-7-3-4-11(15)14(17)18/h5-6,8,11H,3-4,7H2,1-2H3,(H,17,18)/t11-/m1/s1. The molecule has 1 amide bonds. The summed E-state index contributed by atoms with van der Waals surface area (Å²) >= 11 is 0. The third kappa shape index (κ3) is 2.54. The Balaban J connectivity index is 2.31. The average molecular weight is 279 g/mol. The van der Waals surface area contributed by atoms with Gasteiger partial charge in [-0.1, -0.05) is 0 Å². The van der Waals surface area contributed by atoms with Crippen molar-refractivity contribution in [3.63, 3.8) is 0 Å². The van der Waals surface area contributed by atoms with Gasteiger partial charge in [0.05, 0.1) is 19.8 Å². The molecule has 0 aromatic heterocycles. The van der Waals surface area contributed by atoms with Crippen LogP contribution in [0.3, 0.4) is 0 Å². The summed E-state index contributed by atoms with van der Waals surface area (Å²) in [6.45, 7) is 0.449. The smallest absolute Gasteiger partial charge is 0.326 e. The fraction of sp³-hybridized carbons (Fsp3) is 0.429. The molecule has 0 bridgehead atoms. The van der Waals surface area contributed by atoms with Gasteiger partial charge in [0.25, 0.3) is 5.91 Å². The molecule has 1 N–H and O–H groups in total. The van der Waals surface area contributed by atoms with Crippen molar-refractivity contribution in [1.29, 1.82) is 0 Å². The number of rotatable bonds is 4. The van der Waals surface area contributed by atoms with Crippen molar-refractivity contribution >= 4 is 11.9 Å². The van der Waals surface area contributed by atoms with Gasteiger partial charge >= 0.3 is 5.97 Å². The molecule has 6 nitrogen and oxygen atoms in total. The number of methoxy groups -OCH3 is 2. The second kappa shape index (κ2) is 5.81. The SMILES string of the molecule is COc1ccc(C(=O)N2CCC[C@@H]2C(=O)O)c(OC)c1. The Morgan fingerprint density at radius 3 is 2.65 bits per heavy atom. The largest absolute Gasteiger partial charge is 0.497 e. The Morgan fingerprint density at radius 2 is 2.05 bits per heavy atom. The van der Waals surface area contributed by atoms with Gasteiger partial charge in [-0.25, -0.2) is 4.79 Å². The van der Waals surface area contributed by atoms with E-state index in [0.29, 0.717) is 36.4 Å². The van der Waals surface area contributed by atoms with Crippen LogP contribution in [0.2, 0.25) is 0 Å². The van der Waals surface area contributed by atoms with Gasteiger partial charge in [-0.2, -0.15) is 0 Å². The number of hydrogen-bond donors (Lipinski definition) is 1. The molecule has 1 fully saturated rings. The van der Waals surface area contributed by atoms with Gasteiger partial charge in [0, 0.05) is 12.6 Å². The highest BCUT2D eigenvalue weighted by Gasteiger charge is 2.35. The lowest BCUT2D eigenvalue weighted by molar-refractivity contribution is -0.141. The molecule has 0 radical (unpaired) electrons. The molecular weight excluding hydrogens is 262 g/mol. The fourth-order valence-corrected chi connectivity index (χ4v) is 2.40. The Kier molecular flexibility index (Phi) is 4.12. The number of nitrogens with zero attached hydrogens (tertiary/aromatic N) is 1. The first-order valence-corrected chi connectivity index (χ1v) is 6.34. The van der Waals surface area contributed by atoms with E-state index in [1.54, 1.807) is 18.2 Å². The predicted molar refractivity (Wildman–Crippen MR) is 71.2 cm³/mol. The van der Waals surface area contributed by atoms with Crippen molar-refractivity contribution in [3.8, 4) is 11.5 Å². The zero-order valence-corrected chi connectivity index (χ0v) is 11.5. The zero-order chi connectivity index (χ0) is 14.7. The summed E-state index contributed by atoms with van der Waals surface area (Å²) in [7, 11) is 2.99. The average Bonchev–Trinajstić information content (AvgIpc) is 2.95. The molecule has 0 aliphatic carbocycles. The van der Waals surface area contributed by atoms with Crippen molar-refractivity contribution in [3.05, 3.63) is 23.8 Å². The number of benzene rings is 1. The molecule has 108 valence electrons. The van der Waals surface area contributed by atoms with Gasteiger partial charge in [0.15, 0.2) is 0 Å². The van der Waals surface area contributed by atoms with Gasteiger partial charge in [-0.15, -0.1) is 0 Å². The maximum absolute atomic E-state index is 12.5. The first-order valence-electron chi connectivity index (χ1n) is 6.34. The molecule has 1 saturated heterocycles. The van der Waals surface area contributed by atoms with Crippen LogP contribution in [0.1, 0.15) is 23.2 Å². The van der Waals surface area contributed by atoms with Gasteiger partial charge in [-0.05, 0) is 25.0 Å². The minimum Gasteiger partial charge on any atom is -0.497 e. The minimum atomic E-state index is -0.969. The number of carboxylic acid groups (broad SMARTS) is 1. The normalized spacial score (nSPS) is 17.9. The summed E-state index contributed by atoms with van der Waals surface area (Å²) in [5.74, 6) is -0.335. The maximum Gasteiger partial charge on any atom is 0.326 e. The van der Waals surface area contributed by atoms with Crippen molar-refractivity contribution in [1.82, 2.24) is 4.90 Å². The van der Waals surface area contributed by atoms with Crippen molar-refractivity contribution in [2.24, 2.45) is 0 Å². The highest BCUT2D eigenvalue weighted by Crippen LogP contribution is 2.28. The van der Waals surface area contributed by atoms with Crippen LogP contribution in [-0.4, -0.2) is 48.7 Å². The molecule has 0 saturated carbocycles. The van der Waals surface area contributed by atoms with E-state index in [1.807, 2.05) is 0 Å². The van der Waals surface area contributed by atoms with E-state index in [4.69, 9.17) is 14.6 Å². The van der Waals surface area contributed by atoms with E-state index >= 15 is 0 Å². The van der Waals surface area contributed by atoms with Crippen LogP contribution in [0.5, 0.6) is 11.5 Å². The lowest BCUT2D eigenvalue weighted by Gasteiger charge is -2.22. The summed E-state index contributed by atoms with van der Waals surface area (Å²) in [6.07, 6.45) is 1.18. The number of likely N-dealkylation sites (tertiary alicyclic amines) is 1. The number of carbonyl (C=O) groups is 2. The number of carbonyl (C=O) groups excluding carboxylic acids is 1. The molecule has 1 aliphatic rings. The van der Waals surface area contributed by atoms with Crippen LogP contribution in [0.4, 0.5) is 0 Å². The van der Waals surface area contributed by atoms with E-state index < -0.39 is 12.0 Å². The summed E-state index contributed by atoms with van der Waals surface area (Å²) in [5, 5.41) is 9.14. The third-order valence-electron chi connectivity index (χ3n) is 3.44. The molecule has 1 aliphatic heterocycles. The monoisotopic (exact) mass is 279 g/mol. The fourth-order valence-electron chi connectivity index (χ4n) is 2.40. The quantitative estimate of drug-likeness (QED) is 0.901. The van der Waals surface area contributed by atoms with E-state index in [-0.39, 0.29) is 5.91 Å². The highest BCUT2D eigenvalue weighted by atomic mass is 16.5. The molecule has 0 spiro atoms. The minimum absolute atomic E-state index is 0.325. The molecule has 20 heavy (non-hydrogen) atoms. The Bertz CT molecular complexity index is 528. The third-order valence-corrected chi connectivity index (χ3v) is 3.44. The van der Waals surface area contributed by atoms with Gasteiger partial charge in [0.2, 0.25) is 0 Å². The molecule has 1 aromatic carbocycles. The topological polar surface area (TPSA) is 76.1 Å². The Morgan fingerprint density at radius 1 is 1.30 bits per heavy atom.